The van der Waals surface area contributed by atoms with E-state index < -0.39 is 0 Å². The molecule has 0 bridgehead atoms. The van der Waals surface area contributed by atoms with E-state index in [2.05, 4.69) is 22.8 Å². The van der Waals surface area contributed by atoms with E-state index in [0.29, 0.717) is 24.1 Å². The summed E-state index contributed by atoms with van der Waals surface area (Å²) in [4.78, 5) is 0. The van der Waals surface area contributed by atoms with Gasteiger partial charge in [0.15, 0.2) is 11.5 Å². The van der Waals surface area contributed by atoms with Crippen molar-refractivity contribution in [1.29, 1.82) is 0 Å². The Bertz CT molecular complexity index is 603. The van der Waals surface area contributed by atoms with Gasteiger partial charge in [0.25, 0.3) is 0 Å². The van der Waals surface area contributed by atoms with Crippen molar-refractivity contribution in [2.75, 3.05) is 26.9 Å². The van der Waals surface area contributed by atoms with Gasteiger partial charge in [0.1, 0.15) is 0 Å². The number of hydrogen-bond acceptors (Lipinski definition) is 5. The van der Waals surface area contributed by atoms with Crippen LogP contribution in [-0.4, -0.2) is 45.1 Å². The van der Waals surface area contributed by atoms with Crippen LogP contribution >= 0.6 is 12.4 Å². The summed E-state index contributed by atoms with van der Waals surface area (Å²) in [6.45, 7) is 3.55. The summed E-state index contributed by atoms with van der Waals surface area (Å²) >= 11 is 0. The van der Waals surface area contributed by atoms with E-state index in [4.69, 9.17) is 14.2 Å². The summed E-state index contributed by atoms with van der Waals surface area (Å²) < 4.78 is 17.5. The van der Waals surface area contributed by atoms with E-state index in [-0.39, 0.29) is 12.4 Å². The average Bonchev–Trinajstić information content (AvgIpc) is 3.39. The van der Waals surface area contributed by atoms with E-state index >= 15 is 0 Å². The number of morpholine rings is 1. The van der Waals surface area contributed by atoms with E-state index in [1.165, 1.54) is 37.7 Å². The van der Waals surface area contributed by atoms with Crippen LogP contribution in [0.5, 0.6) is 11.5 Å². The second-order valence-electron chi connectivity index (χ2n) is 8.23. The topological polar surface area (TPSA) is 51.8 Å². The van der Waals surface area contributed by atoms with Crippen molar-refractivity contribution in [3.63, 3.8) is 0 Å². The Morgan fingerprint density at radius 2 is 1.96 bits per heavy atom. The molecule has 2 saturated carbocycles. The van der Waals surface area contributed by atoms with Gasteiger partial charge in [-0.25, -0.2) is 0 Å². The highest BCUT2D eigenvalue weighted by Gasteiger charge is 2.34. The number of halogens is 1. The van der Waals surface area contributed by atoms with Gasteiger partial charge >= 0.3 is 0 Å². The Hall–Kier alpha value is -1.01. The molecule has 2 N–H and O–H groups in total. The first kappa shape index (κ1) is 21.7. The molecule has 6 heteroatoms. The minimum Gasteiger partial charge on any atom is -0.493 e. The summed E-state index contributed by atoms with van der Waals surface area (Å²) in [7, 11) is 1.72. The molecule has 4 rings (SSSR count). The lowest BCUT2D eigenvalue weighted by molar-refractivity contribution is 0.0524. The van der Waals surface area contributed by atoms with Crippen molar-refractivity contribution in [2.45, 2.75) is 69.7 Å². The third-order valence-electron chi connectivity index (χ3n) is 6.43. The fourth-order valence-corrected chi connectivity index (χ4v) is 4.94. The van der Waals surface area contributed by atoms with Crippen LogP contribution in [0, 0.1) is 5.92 Å². The molecule has 1 aromatic carbocycles. The summed E-state index contributed by atoms with van der Waals surface area (Å²) in [5.41, 5.74) is 1.27. The summed E-state index contributed by atoms with van der Waals surface area (Å²) in [6.07, 6.45) is 9.06. The fourth-order valence-electron chi connectivity index (χ4n) is 4.94. The minimum absolute atomic E-state index is 0. The van der Waals surface area contributed by atoms with Crippen LogP contribution in [0.2, 0.25) is 0 Å². The van der Waals surface area contributed by atoms with Gasteiger partial charge in [0, 0.05) is 25.2 Å². The minimum atomic E-state index is 0. The highest BCUT2D eigenvalue weighted by atomic mass is 35.5. The number of rotatable bonds is 7. The van der Waals surface area contributed by atoms with Gasteiger partial charge in [-0.2, -0.15) is 0 Å². The van der Waals surface area contributed by atoms with Crippen molar-refractivity contribution in [3.8, 4) is 11.5 Å². The Morgan fingerprint density at radius 3 is 2.71 bits per heavy atom. The molecule has 1 saturated heterocycles. The van der Waals surface area contributed by atoms with Gasteiger partial charge < -0.3 is 24.8 Å². The molecule has 3 fully saturated rings. The zero-order valence-corrected chi connectivity index (χ0v) is 17.8. The molecule has 0 aromatic heterocycles. The number of hydrogen-bond donors (Lipinski definition) is 2. The quantitative estimate of drug-likeness (QED) is 0.718. The van der Waals surface area contributed by atoms with Crippen molar-refractivity contribution < 1.29 is 14.2 Å². The van der Waals surface area contributed by atoms with Crippen molar-refractivity contribution in [2.24, 2.45) is 5.92 Å². The highest BCUT2D eigenvalue weighted by Crippen LogP contribution is 2.33. The van der Waals surface area contributed by atoms with Crippen LogP contribution in [0.4, 0.5) is 0 Å². The molecule has 3 unspecified atom stereocenters. The van der Waals surface area contributed by atoms with Crippen LogP contribution in [0.1, 0.15) is 50.5 Å². The standard InChI is InChI=1S/C22H34N2O3.ClH/c1-25-21-10-9-16(13-22(21)27-17-5-2-3-6-17)14-24-19-8-4-7-18(19)20-15-26-12-11-23-20;/h9-10,13,17-20,23-24H,2-8,11-12,14-15H2,1H3;1H. The largest absolute Gasteiger partial charge is 0.493 e. The lowest BCUT2D eigenvalue weighted by Crippen LogP contribution is -2.50. The number of methoxy groups -OCH3 is 1. The van der Waals surface area contributed by atoms with Crippen LogP contribution in [0.3, 0.4) is 0 Å². The molecule has 0 radical (unpaired) electrons. The zero-order chi connectivity index (χ0) is 18.5. The Kier molecular flexibility index (Phi) is 8.27. The molecule has 1 heterocycles. The number of benzene rings is 1. The number of ether oxygens (including phenoxy) is 3. The molecule has 1 aliphatic heterocycles. The van der Waals surface area contributed by atoms with Crippen molar-refractivity contribution in [3.05, 3.63) is 23.8 Å². The molecule has 3 atom stereocenters. The highest BCUT2D eigenvalue weighted by molar-refractivity contribution is 5.85. The molecule has 158 valence electrons. The molecule has 2 aliphatic carbocycles. The molecular weight excluding hydrogens is 376 g/mol. The number of nitrogens with one attached hydrogen (secondary N) is 2. The summed E-state index contributed by atoms with van der Waals surface area (Å²) in [6, 6.07) is 7.42. The predicted molar refractivity (Wildman–Crippen MR) is 114 cm³/mol. The van der Waals surface area contributed by atoms with Gasteiger partial charge in [-0.05, 0) is 62.1 Å². The van der Waals surface area contributed by atoms with E-state index in [1.807, 2.05) is 6.07 Å². The fraction of sp³-hybridized carbons (Fsp3) is 0.727. The van der Waals surface area contributed by atoms with Gasteiger partial charge in [-0.3, -0.25) is 0 Å². The second-order valence-corrected chi connectivity index (χ2v) is 8.23. The lowest BCUT2D eigenvalue weighted by Gasteiger charge is -2.33. The molecule has 5 nitrogen and oxygen atoms in total. The Morgan fingerprint density at radius 1 is 1.11 bits per heavy atom. The molecular formula is C22H35ClN2O3. The van der Waals surface area contributed by atoms with E-state index in [1.54, 1.807) is 7.11 Å². The maximum Gasteiger partial charge on any atom is 0.161 e. The van der Waals surface area contributed by atoms with E-state index in [0.717, 1.165) is 50.6 Å². The van der Waals surface area contributed by atoms with Crippen molar-refractivity contribution in [1.82, 2.24) is 10.6 Å². The zero-order valence-electron chi connectivity index (χ0n) is 17.0. The smallest absolute Gasteiger partial charge is 0.161 e. The van der Waals surface area contributed by atoms with Gasteiger partial charge in [-0.15, -0.1) is 12.4 Å². The first-order valence-electron chi connectivity index (χ1n) is 10.7. The molecule has 0 amide bonds. The monoisotopic (exact) mass is 410 g/mol. The molecule has 28 heavy (non-hydrogen) atoms. The van der Waals surface area contributed by atoms with Gasteiger partial charge in [-0.1, -0.05) is 12.5 Å². The van der Waals surface area contributed by atoms with Gasteiger partial charge in [0.05, 0.1) is 26.4 Å². The summed E-state index contributed by atoms with van der Waals surface area (Å²) in [5, 5.41) is 7.46. The van der Waals surface area contributed by atoms with Crippen LogP contribution < -0.4 is 20.1 Å². The first-order valence-corrected chi connectivity index (χ1v) is 10.7. The van der Waals surface area contributed by atoms with Gasteiger partial charge in [0.2, 0.25) is 0 Å². The maximum absolute atomic E-state index is 6.25. The average molecular weight is 411 g/mol. The third-order valence-corrected chi connectivity index (χ3v) is 6.43. The predicted octanol–water partition coefficient (Wildman–Crippen LogP) is 3.69. The van der Waals surface area contributed by atoms with Crippen LogP contribution in [0.25, 0.3) is 0 Å². The lowest BCUT2D eigenvalue weighted by atomic mass is 9.94. The second kappa shape index (κ2) is 10.7. The third kappa shape index (κ3) is 5.32. The van der Waals surface area contributed by atoms with Crippen molar-refractivity contribution >= 4 is 12.4 Å². The van der Waals surface area contributed by atoms with E-state index in [9.17, 15) is 0 Å². The molecule has 0 spiro atoms. The van der Waals surface area contributed by atoms with Crippen LogP contribution in [0.15, 0.2) is 18.2 Å². The summed E-state index contributed by atoms with van der Waals surface area (Å²) in [5.74, 6) is 2.40. The maximum atomic E-state index is 6.25. The Balaban J connectivity index is 0.00000225. The normalized spacial score (nSPS) is 28.1. The molecule has 3 aliphatic rings. The Labute approximate surface area is 175 Å². The van der Waals surface area contributed by atoms with Crippen LogP contribution in [-0.2, 0) is 11.3 Å². The molecule has 1 aromatic rings. The first-order chi connectivity index (χ1) is 13.3. The SMILES string of the molecule is COc1ccc(CNC2CCCC2C2COCCN2)cc1OC1CCCC1.Cl.